The van der Waals surface area contributed by atoms with Gasteiger partial charge in [-0.2, -0.15) is 16.9 Å². The molecule has 1 atom stereocenters. The van der Waals surface area contributed by atoms with Crippen molar-refractivity contribution in [3.05, 3.63) is 48.5 Å². The van der Waals surface area contributed by atoms with E-state index in [2.05, 4.69) is 12.6 Å². The highest BCUT2D eigenvalue weighted by atomic mass is 32.2. The minimum absolute atomic E-state index is 0.162. The Morgan fingerprint density at radius 2 is 1.52 bits per heavy atom. The van der Waals surface area contributed by atoms with Gasteiger partial charge in [-0.25, -0.2) is 8.42 Å². The van der Waals surface area contributed by atoms with Crippen LogP contribution in [0.1, 0.15) is 6.92 Å². The summed E-state index contributed by atoms with van der Waals surface area (Å²) in [6.45, 7) is 1.83. The number of methoxy groups -OCH3 is 1. The van der Waals surface area contributed by atoms with Gasteiger partial charge in [-0.05, 0) is 42.3 Å². The van der Waals surface area contributed by atoms with E-state index in [4.69, 9.17) is 4.74 Å². The number of thiol groups is 1. The number of ether oxygens (including phenoxy) is 1. The van der Waals surface area contributed by atoms with Crippen molar-refractivity contribution in [3.8, 4) is 16.9 Å². The highest BCUT2D eigenvalue weighted by Gasteiger charge is 2.24. The molecule has 2 aromatic carbocycles. The lowest BCUT2D eigenvalue weighted by molar-refractivity contribution is 0.415. The van der Waals surface area contributed by atoms with Crippen molar-refractivity contribution >= 4 is 22.7 Å². The third-order valence-electron chi connectivity index (χ3n) is 3.84. The van der Waals surface area contributed by atoms with Gasteiger partial charge >= 0.3 is 0 Å². The van der Waals surface area contributed by atoms with Crippen molar-refractivity contribution in [3.63, 3.8) is 0 Å². The van der Waals surface area contributed by atoms with E-state index >= 15 is 0 Å². The van der Waals surface area contributed by atoms with Crippen LogP contribution in [-0.2, 0) is 10.0 Å². The summed E-state index contributed by atoms with van der Waals surface area (Å²) in [6.07, 6.45) is 0. The molecule has 124 valence electrons. The van der Waals surface area contributed by atoms with Crippen LogP contribution in [0.5, 0.6) is 5.75 Å². The maximum atomic E-state index is 12.5. The predicted octanol–water partition coefficient (Wildman–Crippen LogP) is 3.30. The van der Waals surface area contributed by atoms with Crippen molar-refractivity contribution in [1.82, 2.24) is 4.31 Å². The molecule has 0 heterocycles. The molecule has 0 aliphatic carbocycles. The first-order valence-electron chi connectivity index (χ1n) is 7.23. The summed E-state index contributed by atoms with van der Waals surface area (Å²) in [5.74, 6) is 1.26. The van der Waals surface area contributed by atoms with Crippen molar-refractivity contribution in [2.75, 3.05) is 19.9 Å². The van der Waals surface area contributed by atoms with Crippen LogP contribution in [0.3, 0.4) is 0 Å². The van der Waals surface area contributed by atoms with Crippen molar-refractivity contribution < 1.29 is 13.2 Å². The van der Waals surface area contributed by atoms with Crippen LogP contribution in [0.2, 0.25) is 0 Å². The second-order valence-electron chi connectivity index (χ2n) is 5.31. The molecule has 0 spiro atoms. The van der Waals surface area contributed by atoms with Gasteiger partial charge in [-0.1, -0.05) is 24.3 Å². The SMILES string of the molecule is COc1ccc(-c2ccc(S(=O)(=O)N(C)[C@H](C)CS)cc2)cc1. The van der Waals surface area contributed by atoms with Crippen LogP contribution in [0.4, 0.5) is 0 Å². The molecule has 0 N–H and O–H groups in total. The Balaban J connectivity index is 2.28. The lowest BCUT2D eigenvalue weighted by Crippen LogP contribution is -2.36. The molecule has 0 radical (unpaired) electrons. The summed E-state index contributed by atoms with van der Waals surface area (Å²) < 4.78 is 31.6. The van der Waals surface area contributed by atoms with Crippen LogP contribution in [-0.4, -0.2) is 38.7 Å². The second-order valence-corrected chi connectivity index (χ2v) is 7.67. The molecule has 0 fully saturated rings. The Hall–Kier alpha value is -1.50. The first-order chi connectivity index (χ1) is 10.9. The second kappa shape index (κ2) is 7.38. The molecule has 0 saturated carbocycles. The first-order valence-corrected chi connectivity index (χ1v) is 9.30. The molecule has 0 saturated heterocycles. The maximum Gasteiger partial charge on any atom is 0.243 e. The lowest BCUT2D eigenvalue weighted by Gasteiger charge is -2.22. The molecule has 0 aliphatic heterocycles. The summed E-state index contributed by atoms with van der Waals surface area (Å²) in [5.41, 5.74) is 1.96. The third kappa shape index (κ3) is 3.88. The Morgan fingerprint density at radius 3 is 1.96 bits per heavy atom. The van der Waals surface area contributed by atoms with Crippen LogP contribution >= 0.6 is 12.6 Å². The normalized spacial score (nSPS) is 13.1. The minimum Gasteiger partial charge on any atom is -0.497 e. The van der Waals surface area contributed by atoms with E-state index in [1.165, 1.54) is 4.31 Å². The Labute approximate surface area is 143 Å². The molecule has 0 unspecified atom stereocenters. The summed E-state index contributed by atoms with van der Waals surface area (Å²) >= 11 is 4.16. The van der Waals surface area contributed by atoms with Crippen LogP contribution in [0.15, 0.2) is 53.4 Å². The minimum atomic E-state index is -3.50. The van der Waals surface area contributed by atoms with E-state index in [0.717, 1.165) is 16.9 Å². The first kappa shape index (κ1) is 17.8. The van der Waals surface area contributed by atoms with Crippen molar-refractivity contribution in [2.45, 2.75) is 17.9 Å². The average molecular weight is 351 g/mol. The molecule has 6 heteroatoms. The number of benzene rings is 2. The average Bonchev–Trinajstić information content (AvgIpc) is 2.60. The number of hydrogen-bond donors (Lipinski definition) is 1. The van der Waals surface area contributed by atoms with Gasteiger partial charge in [0.05, 0.1) is 12.0 Å². The fourth-order valence-electron chi connectivity index (χ4n) is 2.12. The van der Waals surface area contributed by atoms with Crippen LogP contribution in [0.25, 0.3) is 11.1 Å². The molecule has 0 amide bonds. The Morgan fingerprint density at radius 1 is 1.04 bits per heavy atom. The largest absolute Gasteiger partial charge is 0.497 e. The summed E-state index contributed by atoms with van der Waals surface area (Å²) in [7, 11) is -0.297. The number of nitrogens with zero attached hydrogens (tertiary/aromatic N) is 1. The number of sulfonamides is 1. The van der Waals surface area contributed by atoms with E-state index in [1.54, 1.807) is 26.3 Å². The molecule has 0 aromatic heterocycles. The van der Waals surface area contributed by atoms with Gasteiger partial charge in [0.15, 0.2) is 0 Å². The predicted molar refractivity (Wildman–Crippen MR) is 96.7 cm³/mol. The molecule has 0 aliphatic rings. The number of hydrogen-bond acceptors (Lipinski definition) is 4. The van der Waals surface area contributed by atoms with Gasteiger partial charge < -0.3 is 4.74 Å². The molecule has 23 heavy (non-hydrogen) atoms. The molecular weight excluding hydrogens is 330 g/mol. The zero-order chi connectivity index (χ0) is 17.0. The Bertz CT molecular complexity index is 740. The van der Waals surface area contributed by atoms with Crippen LogP contribution in [0, 0.1) is 0 Å². The van der Waals surface area contributed by atoms with Gasteiger partial charge in [0.25, 0.3) is 0 Å². The highest BCUT2D eigenvalue weighted by molar-refractivity contribution is 7.89. The quantitative estimate of drug-likeness (QED) is 0.812. The number of rotatable bonds is 6. The van der Waals surface area contributed by atoms with E-state index in [0.29, 0.717) is 5.75 Å². The fourth-order valence-corrected chi connectivity index (χ4v) is 3.84. The summed E-state index contributed by atoms with van der Waals surface area (Å²) in [4.78, 5) is 0.283. The third-order valence-corrected chi connectivity index (χ3v) is 6.35. The fraction of sp³-hybridized carbons (Fsp3) is 0.294. The Kier molecular flexibility index (Phi) is 5.73. The smallest absolute Gasteiger partial charge is 0.243 e. The van der Waals surface area contributed by atoms with E-state index in [9.17, 15) is 8.42 Å². The summed E-state index contributed by atoms with van der Waals surface area (Å²) in [6, 6.07) is 14.4. The zero-order valence-electron chi connectivity index (χ0n) is 13.4. The molecule has 2 aromatic rings. The van der Waals surface area contributed by atoms with Crippen LogP contribution < -0.4 is 4.74 Å². The van der Waals surface area contributed by atoms with Crippen molar-refractivity contribution in [2.24, 2.45) is 0 Å². The molecule has 0 bridgehead atoms. The monoisotopic (exact) mass is 351 g/mol. The van der Waals surface area contributed by atoms with Crippen molar-refractivity contribution in [1.29, 1.82) is 0 Å². The molecule has 2 rings (SSSR count). The molecular formula is C17H21NO3S2. The molecule has 4 nitrogen and oxygen atoms in total. The van der Waals surface area contributed by atoms with Gasteiger partial charge in [0.2, 0.25) is 10.0 Å². The highest BCUT2D eigenvalue weighted by Crippen LogP contribution is 2.25. The zero-order valence-corrected chi connectivity index (χ0v) is 15.1. The van der Waals surface area contributed by atoms with E-state index in [-0.39, 0.29) is 10.9 Å². The topological polar surface area (TPSA) is 46.6 Å². The van der Waals surface area contributed by atoms with Gasteiger partial charge in [-0.3, -0.25) is 0 Å². The summed E-state index contributed by atoms with van der Waals surface area (Å²) in [5, 5.41) is 0. The van der Waals surface area contributed by atoms with Gasteiger partial charge in [-0.15, -0.1) is 0 Å². The lowest BCUT2D eigenvalue weighted by atomic mass is 10.1. The standard InChI is InChI=1S/C17H21NO3S2/c1-13(12-22)18(2)23(19,20)17-10-6-15(7-11-17)14-4-8-16(21-3)9-5-14/h4-11,13,22H,12H2,1-3H3/t13-/m1/s1. The van der Waals surface area contributed by atoms with Gasteiger partial charge in [0, 0.05) is 18.8 Å². The van der Waals surface area contributed by atoms with E-state index in [1.807, 2.05) is 43.3 Å². The maximum absolute atomic E-state index is 12.5. The van der Waals surface area contributed by atoms with Gasteiger partial charge in [0.1, 0.15) is 5.75 Å². The van der Waals surface area contributed by atoms with E-state index < -0.39 is 10.0 Å².